The minimum absolute atomic E-state index is 0.122. The Morgan fingerprint density at radius 2 is 1.89 bits per heavy atom. The highest BCUT2D eigenvalue weighted by Crippen LogP contribution is 2.25. The van der Waals surface area contributed by atoms with Crippen molar-refractivity contribution in [3.63, 3.8) is 0 Å². The van der Waals surface area contributed by atoms with Crippen LogP contribution in [0.1, 0.15) is 11.1 Å². The van der Waals surface area contributed by atoms with Gasteiger partial charge in [0, 0.05) is 12.1 Å². The fraction of sp³-hybridized carbons (Fsp3) is 0.143. The molecule has 2 nitrogen and oxygen atoms in total. The van der Waals surface area contributed by atoms with E-state index in [1.807, 2.05) is 0 Å². The van der Waals surface area contributed by atoms with E-state index in [1.165, 1.54) is 24.3 Å². The lowest BCUT2D eigenvalue weighted by Gasteiger charge is -2.09. The van der Waals surface area contributed by atoms with Crippen LogP contribution in [-0.4, -0.2) is 0 Å². The molecular formula is C14H12ClF2NO. The maximum absolute atomic E-state index is 13.3. The molecule has 2 N–H and O–H groups in total. The van der Waals surface area contributed by atoms with Gasteiger partial charge in [-0.1, -0.05) is 17.7 Å². The summed E-state index contributed by atoms with van der Waals surface area (Å²) < 4.78 is 31.6. The highest BCUT2D eigenvalue weighted by Gasteiger charge is 2.05. The highest BCUT2D eigenvalue weighted by molar-refractivity contribution is 6.32. The van der Waals surface area contributed by atoms with Crippen LogP contribution in [0.15, 0.2) is 36.4 Å². The maximum atomic E-state index is 13.3. The lowest BCUT2D eigenvalue weighted by molar-refractivity contribution is 0.305. The lowest BCUT2D eigenvalue weighted by Crippen LogP contribution is -2.03. The third kappa shape index (κ3) is 3.43. The molecule has 2 rings (SSSR count). The van der Waals surface area contributed by atoms with Gasteiger partial charge in [0.2, 0.25) is 0 Å². The number of ether oxygens (including phenoxy) is 1. The summed E-state index contributed by atoms with van der Waals surface area (Å²) >= 11 is 5.83. The van der Waals surface area contributed by atoms with Crippen LogP contribution >= 0.6 is 11.6 Å². The van der Waals surface area contributed by atoms with Crippen LogP contribution in [0.25, 0.3) is 0 Å². The van der Waals surface area contributed by atoms with Crippen molar-refractivity contribution in [2.24, 2.45) is 5.73 Å². The van der Waals surface area contributed by atoms with Crippen molar-refractivity contribution in [1.82, 2.24) is 0 Å². The second-order valence-corrected chi connectivity index (χ2v) is 4.40. The average Bonchev–Trinajstić information content (AvgIpc) is 2.39. The summed E-state index contributed by atoms with van der Waals surface area (Å²) in [7, 11) is 0. The van der Waals surface area contributed by atoms with E-state index >= 15 is 0 Å². The van der Waals surface area contributed by atoms with Gasteiger partial charge >= 0.3 is 0 Å². The molecule has 0 bridgehead atoms. The maximum Gasteiger partial charge on any atom is 0.138 e. The Kier molecular flexibility index (Phi) is 4.35. The zero-order chi connectivity index (χ0) is 13.8. The van der Waals surface area contributed by atoms with Crippen LogP contribution < -0.4 is 10.5 Å². The minimum Gasteiger partial charge on any atom is -0.487 e. The Hall–Kier alpha value is -1.65. The van der Waals surface area contributed by atoms with E-state index < -0.39 is 5.82 Å². The van der Waals surface area contributed by atoms with Crippen LogP contribution in [0.2, 0.25) is 5.02 Å². The molecule has 100 valence electrons. The normalized spacial score (nSPS) is 10.5. The van der Waals surface area contributed by atoms with E-state index in [-0.39, 0.29) is 24.0 Å². The van der Waals surface area contributed by atoms with Crippen molar-refractivity contribution in [1.29, 1.82) is 0 Å². The molecule has 0 unspecified atom stereocenters. The van der Waals surface area contributed by atoms with Crippen molar-refractivity contribution in [3.8, 4) is 5.75 Å². The summed E-state index contributed by atoms with van der Waals surface area (Å²) in [6.45, 7) is 0.329. The first-order valence-electron chi connectivity index (χ1n) is 5.65. The van der Waals surface area contributed by atoms with Crippen LogP contribution in [0.3, 0.4) is 0 Å². The van der Waals surface area contributed by atoms with Gasteiger partial charge in [-0.2, -0.15) is 0 Å². The van der Waals surface area contributed by atoms with Gasteiger partial charge in [0.15, 0.2) is 0 Å². The molecule has 0 heterocycles. The van der Waals surface area contributed by atoms with E-state index in [2.05, 4.69) is 0 Å². The van der Waals surface area contributed by atoms with Gasteiger partial charge in [0.1, 0.15) is 24.0 Å². The summed E-state index contributed by atoms with van der Waals surface area (Å²) in [6.07, 6.45) is 0. The van der Waals surface area contributed by atoms with Gasteiger partial charge in [-0.15, -0.1) is 0 Å². The molecule has 5 heteroatoms. The molecule has 0 saturated heterocycles. The van der Waals surface area contributed by atoms with E-state index in [1.54, 1.807) is 12.1 Å². The van der Waals surface area contributed by atoms with Crippen molar-refractivity contribution < 1.29 is 13.5 Å². The number of hydrogen-bond donors (Lipinski definition) is 1. The molecule has 0 saturated carbocycles. The molecule has 0 aromatic heterocycles. The van der Waals surface area contributed by atoms with E-state index in [9.17, 15) is 8.78 Å². The highest BCUT2D eigenvalue weighted by atomic mass is 35.5. The van der Waals surface area contributed by atoms with Crippen LogP contribution in [0.5, 0.6) is 5.75 Å². The SMILES string of the molecule is NCc1cc(COc2ccc(F)cc2Cl)ccc1F. The zero-order valence-electron chi connectivity index (χ0n) is 10.00. The van der Waals surface area contributed by atoms with Gasteiger partial charge in [0.25, 0.3) is 0 Å². The molecule has 19 heavy (non-hydrogen) atoms. The van der Waals surface area contributed by atoms with Crippen LogP contribution in [-0.2, 0) is 13.2 Å². The van der Waals surface area contributed by atoms with Gasteiger partial charge in [-0.25, -0.2) is 8.78 Å². The van der Waals surface area contributed by atoms with E-state index in [0.717, 1.165) is 5.56 Å². The summed E-state index contributed by atoms with van der Waals surface area (Å²) in [4.78, 5) is 0. The molecule has 0 fully saturated rings. The fourth-order valence-electron chi connectivity index (χ4n) is 1.63. The molecule has 0 spiro atoms. The number of nitrogens with two attached hydrogens (primary N) is 1. The fourth-order valence-corrected chi connectivity index (χ4v) is 1.85. The molecule has 0 atom stereocenters. The standard InChI is InChI=1S/C14H12ClF2NO/c15-12-6-11(16)2-4-14(12)19-8-9-1-3-13(17)10(5-9)7-18/h1-6H,7-8,18H2. The van der Waals surface area contributed by atoms with Crippen LogP contribution in [0, 0.1) is 11.6 Å². The van der Waals surface area contributed by atoms with Crippen molar-refractivity contribution in [2.75, 3.05) is 0 Å². The first-order valence-corrected chi connectivity index (χ1v) is 6.03. The Balaban J connectivity index is 2.10. The third-order valence-corrected chi connectivity index (χ3v) is 2.91. The first kappa shape index (κ1) is 13.8. The molecule has 2 aromatic carbocycles. The minimum atomic E-state index is -0.426. The number of benzene rings is 2. The number of halogens is 3. The topological polar surface area (TPSA) is 35.2 Å². The monoisotopic (exact) mass is 283 g/mol. The Morgan fingerprint density at radius 3 is 2.58 bits per heavy atom. The molecule has 0 aliphatic rings. The van der Waals surface area contributed by atoms with Crippen molar-refractivity contribution >= 4 is 11.6 Å². The average molecular weight is 284 g/mol. The van der Waals surface area contributed by atoms with Crippen LogP contribution in [0.4, 0.5) is 8.78 Å². The Morgan fingerprint density at radius 1 is 1.11 bits per heavy atom. The van der Waals surface area contributed by atoms with E-state index in [0.29, 0.717) is 11.3 Å². The van der Waals surface area contributed by atoms with Gasteiger partial charge in [0.05, 0.1) is 5.02 Å². The summed E-state index contributed by atoms with van der Waals surface area (Å²) in [5, 5.41) is 0.196. The van der Waals surface area contributed by atoms with Crippen molar-refractivity contribution in [2.45, 2.75) is 13.2 Å². The largest absolute Gasteiger partial charge is 0.487 e. The second-order valence-electron chi connectivity index (χ2n) is 3.99. The summed E-state index contributed by atoms with van der Waals surface area (Å²) in [5.74, 6) is -0.391. The number of rotatable bonds is 4. The lowest BCUT2D eigenvalue weighted by atomic mass is 10.1. The zero-order valence-corrected chi connectivity index (χ0v) is 10.8. The molecule has 0 aliphatic heterocycles. The molecular weight excluding hydrogens is 272 g/mol. The Bertz CT molecular complexity index is 590. The molecule has 2 aromatic rings. The summed E-state index contributed by atoms with van der Waals surface area (Å²) in [5.41, 5.74) is 6.61. The second kappa shape index (κ2) is 5.99. The van der Waals surface area contributed by atoms with Gasteiger partial charge in [-0.3, -0.25) is 0 Å². The predicted molar refractivity (Wildman–Crippen MR) is 70.0 cm³/mol. The molecule has 0 aliphatic carbocycles. The smallest absolute Gasteiger partial charge is 0.138 e. The third-order valence-electron chi connectivity index (χ3n) is 2.62. The molecule has 0 radical (unpaired) electrons. The van der Waals surface area contributed by atoms with E-state index in [4.69, 9.17) is 22.1 Å². The quantitative estimate of drug-likeness (QED) is 0.929. The Labute approximate surface area is 114 Å². The number of hydrogen-bond acceptors (Lipinski definition) is 2. The first-order chi connectivity index (χ1) is 9.10. The predicted octanol–water partition coefficient (Wildman–Crippen LogP) is 3.66. The van der Waals surface area contributed by atoms with Crippen molar-refractivity contribution in [3.05, 3.63) is 64.2 Å². The summed E-state index contributed by atoms with van der Waals surface area (Å²) in [6, 6.07) is 8.46. The molecule has 0 amide bonds. The van der Waals surface area contributed by atoms with Gasteiger partial charge < -0.3 is 10.5 Å². The van der Waals surface area contributed by atoms with Gasteiger partial charge in [-0.05, 0) is 35.9 Å².